The summed E-state index contributed by atoms with van der Waals surface area (Å²) >= 11 is 0. The van der Waals surface area contributed by atoms with Crippen molar-refractivity contribution in [3.8, 4) is 17.2 Å². The zero-order valence-corrected chi connectivity index (χ0v) is 14.5. The molecule has 2 N–H and O–H groups in total. The molecule has 6 heteroatoms. The fourth-order valence-corrected chi connectivity index (χ4v) is 3.28. The van der Waals surface area contributed by atoms with Crippen molar-refractivity contribution >= 4 is 0 Å². The van der Waals surface area contributed by atoms with E-state index in [0.29, 0.717) is 37.6 Å². The molecule has 0 aromatic heterocycles. The molecule has 2 aromatic carbocycles. The quantitative estimate of drug-likeness (QED) is 0.835. The van der Waals surface area contributed by atoms with Gasteiger partial charge >= 0.3 is 0 Å². The Morgan fingerprint density at radius 3 is 2.44 bits per heavy atom. The zero-order chi connectivity index (χ0) is 17.8. The Morgan fingerprint density at radius 1 is 1.08 bits per heavy atom. The molecule has 0 saturated heterocycles. The van der Waals surface area contributed by atoms with E-state index in [4.69, 9.17) is 19.9 Å². The van der Waals surface area contributed by atoms with Crippen molar-refractivity contribution in [2.45, 2.75) is 12.6 Å². The molecule has 0 amide bonds. The molecular formula is C19H23FN2O3. The Bertz CT molecular complexity index is 721. The first-order valence-electron chi connectivity index (χ1n) is 8.24. The van der Waals surface area contributed by atoms with Crippen molar-refractivity contribution in [1.29, 1.82) is 0 Å². The van der Waals surface area contributed by atoms with Crippen molar-refractivity contribution < 1.29 is 18.6 Å². The lowest BCUT2D eigenvalue weighted by Gasteiger charge is -2.23. The first kappa shape index (κ1) is 17.5. The van der Waals surface area contributed by atoms with Crippen LogP contribution < -0.4 is 19.9 Å². The van der Waals surface area contributed by atoms with Crippen LogP contribution in [0.5, 0.6) is 17.2 Å². The predicted molar refractivity (Wildman–Crippen MR) is 93.6 cm³/mol. The van der Waals surface area contributed by atoms with Crippen LogP contribution in [0.25, 0.3) is 0 Å². The third-order valence-corrected chi connectivity index (χ3v) is 4.55. The molecule has 0 saturated carbocycles. The molecule has 1 atom stereocenters. The van der Waals surface area contributed by atoms with E-state index in [2.05, 4.69) is 4.90 Å². The molecule has 1 unspecified atom stereocenters. The molecule has 3 rings (SSSR count). The van der Waals surface area contributed by atoms with Gasteiger partial charge in [-0.3, -0.25) is 4.90 Å². The van der Waals surface area contributed by atoms with Crippen LogP contribution in [0, 0.1) is 5.82 Å². The molecule has 1 aliphatic rings. The summed E-state index contributed by atoms with van der Waals surface area (Å²) in [6, 6.07) is 10.4. The van der Waals surface area contributed by atoms with Crippen LogP contribution in [0.15, 0.2) is 36.4 Å². The summed E-state index contributed by atoms with van der Waals surface area (Å²) in [5.41, 5.74) is 7.43. The van der Waals surface area contributed by atoms with Crippen LogP contribution in [-0.4, -0.2) is 38.8 Å². The van der Waals surface area contributed by atoms with Gasteiger partial charge in [0.25, 0.3) is 0 Å². The van der Waals surface area contributed by atoms with Gasteiger partial charge in [-0.25, -0.2) is 4.39 Å². The molecule has 134 valence electrons. The largest absolute Gasteiger partial charge is 0.497 e. The molecule has 5 nitrogen and oxygen atoms in total. The Balaban J connectivity index is 1.66. The maximum atomic E-state index is 14.3. The molecule has 0 radical (unpaired) electrons. The third kappa shape index (κ3) is 3.55. The van der Waals surface area contributed by atoms with Gasteiger partial charge in [-0.05, 0) is 36.4 Å². The number of hydrogen-bond donors (Lipinski definition) is 1. The number of halogens is 1. The van der Waals surface area contributed by atoms with Gasteiger partial charge in [-0.2, -0.15) is 0 Å². The van der Waals surface area contributed by atoms with E-state index in [9.17, 15) is 4.39 Å². The standard InChI is InChI=1S/C19H23FN2O3/c1-23-13-3-5-14(6-4-13)25-10-9-22-12-15-18(24-2)8-7-16(20)19(15)17(22)11-21/h3-8,17H,9-12,21H2,1-2H3. The second-order valence-corrected chi connectivity index (χ2v) is 5.89. The summed E-state index contributed by atoms with van der Waals surface area (Å²) in [6.07, 6.45) is 0. The van der Waals surface area contributed by atoms with Gasteiger partial charge in [0.2, 0.25) is 0 Å². The third-order valence-electron chi connectivity index (χ3n) is 4.55. The van der Waals surface area contributed by atoms with Crippen LogP contribution >= 0.6 is 0 Å². The van der Waals surface area contributed by atoms with E-state index >= 15 is 0 Å². The smallest absolute Gasteiger partial charge is 0.128 e. The number of benzene rings is 2. The highest BCUT2D eigenvalue weighted by atomic mass is 19.1. The summed E-state index contributed by atoms with van der Waals surface area (Å²) in [4.78, 5) is 2.12. The first-order valence-corrected chi connectivity index (χ1v) is 8.24. The molecule has 1 aliphatic heterocycles. The number of methoxy groups -OCH3 is 2. The van der Waals surface area contributed by atoms with E-state index in [1.807, 2.05) is 24.3 Å². The highest BCUT2D eigenvalue weighted by Crippen LogP contribution is 2.39. The van der Waals surface area contributed by atoms with Crippen LogP contribution in [0.3, 0.4) is 0 Å². The lowest BCUT2D eigenvalue weighted by Crippen LogP contribution is -2.31. The molecule has 0 bridgehead atoms. The predicted octanol–water partition coefficient (Wildman–Crippen LogP) is 2.74. The normalized spacial score (nSPS) is 16.6. The molecule has 25 heavy (non-hydrogen) atoms. The maximum absolute atomic E-state index is 14.3. The second kappa shape index (κ2) is 7.72. The monoisotopic (exact) mass is 346 g/mol. The maximum Gasteiger partial charge on any atom is 0.128 e. The fourth-order valence-electron chi connectivity index (χ4n) is 3.28. The molecule has 0 aliphatic carbocycles. The van der Waals surface area contributed by atoms with Crippen molar-refractivity contribution in [3.63, 3.8) is 0 Å². The van der Waals surface area contributed by atoms with Gasteiger partial charge in [0.05, 0.1) is 20.3 Å². The SMILES string of the molecule is COc1ccc(OCCN2Cc3c(OC)ccc(F)c3C2CN)cc1. The van der Waals surface area contributed by atoms with Crippen LogP contribution in [-0.2, 0) is 6.54 Å². The minimum atomic E-state index is -0.232. The Labute approximate surface area is 147 Å². The van der Waals surface area contributed by atoms with Gasteiger partial charge in [-0.1, -0.05) is 0 Å². The number of ether oxygens (including phenoxy) is 3. The van der Waals surface area contributed by atoms with Gasteiger partial charge in [-0.15, -0.1) is 0 Å². The topological polar surface area (TPSA) is 57.0 Å². The lowest BCUT2D eigenvalue weighted by molar-refractivity contribution is 0.172. The second-order valence-electron chi connectivity index (χ2n) is 5.89. The number of hydrogen-bond acceptors (Lipinski definition) is 5. The molecule has 0 spiro atoms. The van der Waals surface area contributed by atoms with Crippen molar-refractivity contribution in [2.75, 3.05) is 33.9 Å². The first-order chi connectivity index (χ1) is 12.2. The highest BCUT2D eigenvalue weighted by molar-refractivity contribution is 5.46. The van der Waals surface area contributed by atoms with Crippen LogP contribution in [0.2, 0.25) is 0 Å². The summed E-state index contributed by atoms with van der Waals surface area (Å²) in [5.74, 6) is 2.02. The van der Waals surface area contributed by atoms with E-state index in [1.54, 1.807) is 20.3 Å². The van der Waals surface area contributed by atoms with Gasteiger partial charge in [0.15, 0.2) is 0 Å². The minimum Gasteiger partial charge on any atom is -0.497 e. The fraction of sp³-hybridized carbons (Fsp3) is 0.368. The molecular weight excluding hydrogens is 323 g/mol. The zero-order valence-electron chi connectivity index (χ0n) is 14.5. The number of fused-ring (bicyclic) bond motifs is 1. The number of nitrogens with zero attached hydrogens (tertiary/aromatic N) is 1. The number of nitrogens with two attached hydrogens (primary N) is 1. The molecule has 1 heterocycles. The Kier molecular flexibility index (Phi) is 5.40. The Morgan fingerprint density at radius 2 is 1.80 bits per heavy atom. The van der Waals surface area contributed by atoms with Gasteiger partial charge in [0.1, 0.15) is 29.7 Å². The summed E-state index contributed by atoms with van der Waals surface area (Å²) < 4.78 is 30.6. The van der Waals surface area contributed by atoms with E-state index < -0.39 is 0 Å². The van der Waals surface area contributed by atoms with Crippen molar-refractivity contribution in [1.82, 2.24) is 4.90 Å². The van der Waals surface area contributed by atoms with E-state index in [1.165, 1.54) is 6.07 Å². The lowest BCUT2D eigenvalue weighted by atomic mass is 10.0. The molecule has 2 aromatic rings. The van der Waals surface area contributed by atoms with Crippen molar-refractivity contribution in [3.05, 3.63) is 53.3 Å². The summed E-state index contributed by atoms with van der Waals surface area (Å²) in [5, 5.41) is 0. The van der Waals surface area contributed by atoms with Gasteiger partial charge in [0, 0.05) is 30.8 Å². The Hall–Kier alpha value is -2.31. The van der Waals surface area contributed by atoms with Gasteiger partial charge < -0.3 is 19.9 Å². The van der Waals surface area contributed by atoms with E-state index in [-0.39, 0.29) is 11.9 Å². The minimum absolute atomic E-state index is 0.162. The average molecular weight is 346 g/mol. The summed E-state index contributed by atoms with van der Waals surface area (Å²) in [6.45, 7) is 2.08. The average Bonchev–Trinajstić information content (AvgIpc) is 3.02. The van der Waals surface area contributed by atoms with Crippen LogP contribution in [0.1, 0.15) is 17.2 Å². The number of rotatable bonds is 7. The molecule has 0 fully saturated rings. The van der Waals surface area contributed by atoms with E-state index in [0.717, 1.165) is 17.1 Å². The summed E-state index contributed by atoms with van der Waals surface area (Å²) in [7, 11) is 3.22. The highest BCUT2D eigenvalue weighted by Gasteiger charge is 2.33. The van der Waals surface area contributed by atoms with Crippen molar-refractivity contribution in [2.24, 2.45) is 5.73 Å². The van der Waals surface area contributed by atoms with Crippen LogP contribution in [0.4, 0.5) is 4.39 Å².